The molecule has 1 aromatic heterocycles. The van der Waals surface area contributed by atoms with Gasteiger partial charge in [0.05, 0.1) is 16.7 Å². The maximum atomic E-state index is 12.0. The van der Waals surface area contributed by atoms with Crippen LogP contribution in [-0.4, -0.2) is 15.7 Å². The predicted molar refractivity (Wildman–Crippen MR) is 74.0 cm³/mol. The van der Waals surface area contributed by atoms with Gasteiger partial charge in [0.25, 0.3) is 0 Å². The van der Waals surface area contributed by atoms with Crippen LogP contribution in [0.2, 0.25) is 0 Å². The van der Waals surface area contributed by atoms with Crippen LogP contribution in [0.15, 0.2) is 10.7 Å². The van der Waals surface area contributed by atoms with Crippen molar-refractivity contribution >= 4 is 21.8 Å². The van der Waals surface area contributed by atoms with Gasteiger partial charge in [-0.15, -0.1) is 0 Å². The number of nitrogens with one attached hydrogen (secondary N) is 1. The topological polar surface area (TPSA) is 46.9 Å². The first-order chi connectivity index (χ1) is 8.70. The van der Waals surface area contributed by atoms with Crippen molar-refractivity contribution in [1.29, 1.82) is 0 Å². The van der Waals surface area contributed by atoms with E-state index in [1.54, 1.807) is 0 Å². The zero-order valence-electron chi connectivity index (χ0n) is 10.8. The molecule has 0 aromatic carbocycles. The summed E-state index contributed by atoms with van der Waals surface area (Å²) < 4.78 is 2.83. The van der Waals surface area contributed by atoms with E-state index in [2.05, 4.69) is 26.3 Å². The standard InChI is InChI=1S/C13H20BrN3O/c1-2-17-9-11(14)12(16-17)8-15-13(18)10-6-4-3-5-7-10/h9-10H,2-8H2,1H3,(H,15,18). The first-order valence-corrected chi connectivity index (χ1v) is 7.49. The van der Waals surface area contributed by atoms with Crippen LogP contribution in [0.5, 0.6) is 0 Å². The van der Waals surface area contributed by atoms with Crippen LogP contribution < -0.4 is 5.32 Å². The molecule has 2 rings (SSSR count). The molecule has 0 saturated heterocycles. The second kappa shape index (κ2) is 6.36. The molecule has 0 unspecified atom stereocenters. The molecule has 0 spiro atoms. The van der Waals surface area contributed by atoms with Gasteiger partial charge in [0, 0.05) is 18.7 Å². The molecule has 100 valence electrons. The molecule has 1 aliphatic carbocycles. The second-order valence-electron chi connectivity index (χ2n) is 4.83. The number of aromatic nitrogens is 2. The van der Waals surface area contributed by atoms with Crippen LogP contribution in [0.25, 0.3) is 0 Å². The quantitative estimate of drug-likeness (QED) is 0.929. The average Bonchev–Trinajstić information content (AvgIpc) is 2.77. The van der Waals surface area contributed by atoms with Gasteiger partial charge in [-0.3, -0.25) is 9.48 Å². The molecule has 1 fully saturated rings. The largest absolute Gasteiger partial charge is 0.350 e. The Morgan fingerprint density at radius 2 is 2.22 bits per heavy atom. The van der Waals surface area contributed by atoms with Crippen LogP contribution in [0.1, 0.15) is 44.7 Å². The van der Waals surface area contributed by atoms with E-state index in [4.69, 9.17) is 0 Å². The molecular weight excluding hydrogens is 294 g/mol. The molecule has 1 amide bonds. The van der Waals surface area contributed by atoms with Crippen molar-refractivity contribution in [2.45, 2.75) is 52.1 Å². The summed E-state index contributed by atoms with van der Waals surface area (Å²) >= 11 is 3.47. The van der Waals surface area contributed by atoms with Gasteiger partial charge in [-0.05, 0) is 35.7 Å². The maximum Gasteiger partial charge on any atom is 0.223 e. The summed E-state index contributed by atoms with van der Waals surface area (Å²) in [5.41, 5.74) is 0.904. The monoisotopic (exact) mass is 313 g/mol. The number of carbonyl (C=O) groups is 1. The highest BCUT2D eigenvalue weighted by Gasteiger charge is 2.21. The van der Waals surface area contributed by atoms with Crippen molar-refractivity contribution in [3.63, 3.8) is 0 Å². The third-order valence-corrected chi connectivity index (χ3v) is 4.18. The Labute approximate surface area is 116 Å². The Hall–Kier alpha value is -0.840. The molecule has 1 heterocycles. The normalized spacial score (nSPS) is 16.8. The summed E-state index contributed by atoms with van der Waals surface area (Å²) in [6, 6.07) is 0. The van der Waals surface area contributed by atoms with Crippen molar-refractivity contribution in [2.75, 3.05) is 0 Å². The van der Waals surface area contributed by atoms with Gasteiger partial charge in [-0.1, -0.05) is 19.3 Å². The molecule has 1 N–H and O–H groups in total. The van der Waals surface area contributed by atoms with E-state index < -0.39 is 0 Å². The summed E-state index contributed by atoms with van der Waals surface area (Å²) in [5, 5.41) is 7.40. The van der Waals surface area contributed by atoms with Crippen molar-refractivity contribution in [3.05, 3.63) is 16.4 Å². The third-order valence-electron chi connectivity index (χ3n) is 3.52. The molecule has 0 atom stereocenters. The first kappa shape index (κ1) is 13.6. The van der Waals surface area contributed by atoms with E-state index in [0.717, 1.165) is 29.6 Å². The average molecular weight is 314 g/mol. The van der Waals surface area contributed by atoms with Crippen molar-refractivity contribution in [2.24, 2.45) is 5.92 Å². The van der Waals surface area contributed by atoms with Gasteiger partial charge in [0.2, 0.25) is 5.91 Å². The minimum Gasteiger partial charge on any atom is -0.350 e. The van der Waals surface area contributed by atoms with E-state index >= 15 is 0 Å². The second-order valence-corrected chi connectivity index (χ2v) is 5.69. The Kier molecular flexibility index (Phi) is 4.80. The highest BCUT2D eigenvalue weighted by molar-refractivity contribution is 9.10. The number of aryl methyl sites for hydroxylation is 1. The Morgan fingerprint density at radius 1 is 1.50 bits per heavy atom. The number of nitrogens with zero attached hydrogens (tertiary/aromatic N) is 2. The first-order valence-electron chi connectivity index (χ1n) is 6.70. The van der Waals surface area contributed by atoms with Crippen LogP contribution in [0.4, 0.5) is 0 Å². The fraction of sp³-hybridized carbons (Fsp3) is 0.692. The molecule has 18 heavy (non-hydrogen) atoms. The number of carbonyl (C=O) groups excluding carboxylic acids is 1. The molecule has 0 aliphatic heterocycles. The maximum absolute atomic E-state index is 12.0. The van der Waals surface area contributed by atoms with Gasteiger partial charge in [-0.2, -0.15) is 5.10 Å². The predicted octanol–water partition coefficient (Wildman–Crippen LogP) is 2.86. The van der Waals surface area contributed by atoms with Crippen molar-refractivity contribution < 1.29 is 4.79 Å². The van der Waals surface area contributed by atoms with Crippen LogP contribution in [0.3, 0.4) is 0 Å². The fourth-order valence-corrected chi connectivity index (χ4v) is 2.85. The summed E-state index contributed by atoms with van der Waals surface area (Å²) in [6.07, 6.45) is 7.67. The Balaban J connectivity index is 1.86. The number of hydrogen-bond acceptors (Lipinski definition) is 2. The van der Waals surface area contributed by atoms with Gasteiger partial charge in [-0.25, -0.2) is 0 Å². The molecule has 0 radical (unpaired) electrons. The van der Waals surface area contributed by atoms with Crippen molar-refractivity contribution in [3.8, 4) is 0 Å². The minimum absolute atomic E-state index is 0.188. The molecule has 4 nitrogen and oxygen atoms in total. The van der Waals surface area contributed by atoms with Gasteiger partial charge >= 0.3 is 0 Å². The SMILES string of the molecule is CCn1cc(Br)c(CNC(=O)C2CCCCC2)n1. The summed E-state index contributed by atoms with van der Waals surface area (Å²) in [6.45, 7) is 3.40. The van der Waals surface area contributed by atoms with E-state index in [-0.39, 0.29) is 11.8 Å². The summed E-state index contributed by atoms with van der Waals surface area (Å²) in [7, 11) is 0. The molecule has 1 aromatic rings. The van der Waals surface area contributed by atoms with E-state index in [1.807, 2.05) is 17.8 Å². The number of amides is 1. The summed E-state index contributed by atoms with van der Waals surface area (Å²) in [5.74, 6) is 0.401. The molecule has 1 aliphatic rings. The number of hydrogen-bond donors (Lipinski definition) is 1. The van der Waals surface area contributed by atoms with Crippen LogP contribution >= 0.6 is 15.9 Å². The van der Waals surface area contributed by atoms with Gasteiger partial charge in [0.1, 0.15) is 0 Å². The summed E-state index contributed by atoms with van der Waals surface area (Å²) in [4.78, 5) is 12.0. The van der Waals surface area contributed by atoms with E-state index in [0.29, 0.717) is 6.54 Å². The van der Waals surface area contributed by atoms with E-state index in [1.165, 1.54) is 19.3 Å². The van der Waals surface area contributed by atoms with Crippen LogP contribution in [-0.2, 0) is 17.9 Å². The lowest BCUT2D eigenvalue weighted by atomic mass is 9.89. The minimum atomic E-state index is 0.188. The van der Waals surface area contributed by atoms with Gasteiger partial charge in [0.15, 0.2) is 0 Å². The number of halogens is 1. The zero-order valence-corrected chi connectivity index (χ0v) is 12.4. The van der Waals surface area contributed by atoms with E-state index in [9.17, 15) is 4.79 Å². The fourth-order valence-electron chi connectivity index (χ4n) is 2.40. The lowest BCUT2D eigenvalue weighted by Crippen LogP contribution is -2.31. The zero-order chi connectivity index (χ0) is 13.0. The Bertz CT molecular complexity index is 410. The molecular formula is C13H20BrN3O. The lowest BCUT2D eigenvalue weighted by Gasteiger charge is -2.20. The smallest absolute Gasteiger partial charge is 0.223 e. The third kappa shape index (κ3) is 3.34. The molecule has 1 saturated carbocycles. The van der Waals surface area contributed by atoms with Crippen molar-refractivity contribution in [1.82, 2.24) is 15.1 Å². The van der Waals surface area contributed by atoms with Crippen LogP contribution in [0, 0.1) is 5.92 Å². The molecule has 0 bridgehead atoms. The Morgan fingerprint density at radius 3 is 2.83 bits per heavy atom. The highest BCUT2D eigenvalue weighted by Crippen LogP contribution is 2.24. The highest BCUT2D eigenvalue weighted by atomic mass is 79.9. The molecule has 5 heteroatoms. The lowest BCUT2D eigenvalue weighted by molar-refractivity contribution is -0.126. The number of rotatable bonds is 4. The van der Waals surface area contributed by atoms with Gasteiger partial charge < -0.3 is 5.32 Å².